The van der Waals surface area contributed by atoms with Gasteiger partial charge in [-0.3, -0.25) is 0 Å². The molecule has 2 rings (SSSR count). The van der Waals surface area contributed by atoms with Crippen molar-refractivity contribution in [3.05, 3.63) is 29.8 Å². The number of nitrogens with zero attached hydrogens (tertiary/aromatic N) is 1. The molecule has 1 aromatic rings. The number of hydrogen-bond acceptors (Lipinski definition) is 3. The topological polar surface area (TPSA) is 49.4 Å². The molecule has 0 unspecified atom stereocenters. The van der Waals surface area contributed by atoms with Gasteiger partial charge in [0.1, 0.15) is 0 Å². The summed E-state index contributed by atoms with van der Waals surface area (Å²) in [5.41, 5.74) is 1.21. The van der Waals surface area contributed by atoms with Crippen LogP contribution in [0, 0.1) is 0 Å². The minimum absolute atomic E-state index is 0.0491. The lowest BCUT2D eigenvalue weighted by molar-refractivity contribution is 0.219. The molecule has 1 fully saturated rings. The van der Waals surface area contributed by atoms with E-state index in [-0.39, 0.29) is 5.54 Å². The van der Waals surface area contributed by atoms with Crippen molar-refractivity contribution in [3.63, 3.8) is 0 Å². The van der Waals surface area contributed by atoms with Crippen molar-refractivity contribution in [2.45, 2.75) is 50.0 Å². The second-order valence-electron chi connectivity index (χ2n) is 6.44. The molecule has 4 nitrogen and oxygen atoms in total. The summed E-state index contributed by atoms with van der Waals surface area (Å²) in [6, 6.07) is 7.30. The Bertz CT molecular complexity index is 571. The van der Waals surface area contributed by atoms with Gasteiger partial charge in [-0.1, -0.05) is 26.0 Å². The molecule has 1 N–H and O–H groups in total. The third-order valence-corrected chi connectivity index (χ3v) is 6.53. The van der Waals surface area contributed by atoms with Crippen LogP contribution in [0.1, 0.15) is 45.1 Å². The number of benzene rings is 1. The predicted octanol–water partition coefficient (Wildman–Crippen LogP) is 2.57. The van der Waals surface area contributed by atoms with E-state index >= 15 is 0 Å². The Labute approximate surface area is 128 Å². The molecule has 0 atom stereocenters. The highest BCUT2D eigenvalue weighted by Crippen LogP contribution is 2.26. The number of piperidine rings is 1. The fourth-order valence-corrected chi connectivity index (χ4v) is 4.09. The van der Waals surface area contributed by atoms with Gasteiger partial charge >= 0.3 is 0 Å². The first kappa shape index (κ1) is 16.5. The molecule has 1 aliphatic rings. The number of hydrogen-bond donors (Lipinski definition) is 1. The highest BCUT2D eigenvalue weighted by Gasteiger charge is 2.34. The Morgan fingerprint density at radius 3 is 2.10 bits per heavy atom. The molecule has 21 heavy (non-hydrogen) atoms. The van der Waals surface area contributed by atoms with E-state index in [9.17, 15) is 8.42 Å². The van der Waals surface area contributed by atoms with Gasteiger partial charge in [0, 0.05) is 18.6 Å². The fourth-order valence-electron chi connectivity index (χ4n) is 2.64. The van der Waals surface area contributed by atoms with E-state index in [0.29, 0.717) is 23.9 Å². The van der Waals surface area contributed by atoms with Gasteiger partial charge in [0.25, 0.3) is 0 Å². The maximum Gasteiger partial charge on any atom is 0.243 e. The van der Waals surface area contributed by atoms with Crippen molar-refractivity contribution in [2.75, 3.05) is 20.1 Å². The zero-order chi connectivity index (χ0) is 15.7. The standard InChI is InChI=1S/C16H26N2O2S/c1-13(2)14-5-7-15(8-6-14)21(19,20)18-11-9-16(3,17-4)10-12-18/h5-8,13,17H,9-12H2,1-4H3. The first-order valence-corrected chi connectivity index (χ1v) is 9.01. The Morgan fingerprint density at radius 2 is 1.67 bits per heavy atom. The summed E-state index contributed by atoms with van der Waals surface area (Å²) in [5.74, 6) is 0.410. The molecule has 0 spiro atoms. The average Bonchev–Trinajstić information content (AvgIpc) is 2.48. The van der Waals surface area contributed by atoms with Gasteiger partial charge < -0.3 is 5.32 Å². The van der Waals surface area contributed by atoms with Gasteiger partial charge in [-0.05, 0) is 50.4 Å². The summed E-state index contributed by atoms with van der Waals surface area (Å²) in [6.07, 6.45) is 1.68. The molecule has 1 aliphatic heterocycles. The molecular formula is C16H26N2O2S. The first-order valence-electron chi connectivity index (χ1n) is 7.57. The van der Waals surface area contributed by atoms with Crippen LogP contribution in [0.2, 0.25) is 0 Å². The van der Waals surface area contributed by atoms with E-state index in [1.807, 2.05) is 19.2 Å². The highest BCUT2D eigenvalue weighted by atomic mass is 32.2. The van der Waals surface area contributed by atoms with Gasteiger partial charge in [0.05, 0.1) is 4.90 Å². The average molecular weight is 310 g/mol. The second-order valence-corrected chi connectivity index (χ2v) is 8.38. The molecule has 0 amide bonds. The van der Waals surface area contributed by atoms with Crippen molar-refractivity contribution in [2.24, 2.45) is 0 Å². The minimum atomic E-state index is -3.36. The maximum atomic E-state index is 12.7. The van der Waals surface area contributed by atoms with Crippen LogP contribution in [0.25, 0.3) is 0 Å². The van der Waals surface area contributed by atoms with Crippen molar-refractivity contribution >= 4 is 10.0 Å². The number of sulfonamides is 1. The fraction of sp³-hybridized carbons (Fsp3) is 0.625. The van der Waals surface area contributed by atoms with E-state index in [4.69, 9.17) is 0 Å². The lowest BCUT2D eigenvalue weighted by Crippen LogP contribution is -2.51. The summed E-state index contributed by atoms with van der Waals surface area (Å²) < 4.78 is 27.0. The molecule has 0 aromatic heterocycles. The molecule has 1 saturated heterocycles. The Kier molecular flexibility index (Phi) is 4.76. The zero-order valence-electron chi connectivity index (χ0n) is 13.4. The molecule has 1 heterocycles. The summed E-state index contributed by atoms with van der Waals surface area (Å²) in [6.45, 7) is 7.51. The molecule has 0 bridgehead atoms. The van der Waals surface area contributed by atoms with Gasteiger partial charge in [-0.15, -0.1) is 0 Å². The monoisotopic (exact) mass is 310 g/mol. The van der Waals surface area contributed by atoms with Crippen LogP contribution in [-0.2, 0) is 10.0 Å². The van der Waals surface area contributed by atoms with Crippen LogP contribution in [0.4, 0.5) is 0 Å². The van der Waals surface area contributed by atoms with Crippen LogP contribution in [0.15, 0.2) is 29.2 Å². The van der Waals surface area contributed by atoms with Crippen LogP contribution in [-0.4, -0.2) is 38.4 Å². The smallest absolute Gasteiger partial charge is 0.243 e. The Hall–Kier alpha value is -0.910. The zero-order valence-corrected chi connectivity index (χ0v) is 14.2. The minimum Gasteiger partial charge on any atom is -0.314 e. The quantitative estimate of drug-likeness (QED) is 0.930. The summed E-state index contributed by atoms with van der Waals surface area (Å²) in [7, 11) is -1.42. The van der Waals surface area contributed by atoms with E-state index in [1.54, 1.807) is 16.4 Å². The molecule has 5 heteroatoms. The lowest BCUT2D eigenvalue weighted by Gasteiger charge is -2.38. The Balaban J connectivity index is 2.15. The normalized spacial score (nSPS) is 19.9. The lowest BCUT2D eigenvalue weighted by atomic mass is 9.91. The summed E-state index contributed by atoms with van der Waals surface area (Å²) in [4.78, 5) is 0.403. The van der Waals surface area contributed by atoms with Crippen LogP contribution < -0.4 is 5.32 Å². The third kappa shape index (κ3) is 3.47. The molecule has 0 saturated carbocycles. The summed E-state index contributed by atoms with van der Waals surface area (Å²) >= 11 is 0. The van der Waals surface area contributed by atoms with Crippen molar-refractivity contribution in [3.8, 4) is 0 Å². The van der Waals surface area contributed by atoms with Crippen molar-refractivity contribution in [1.82, 2.24) is 9.62 Å². The van der Waals surface area contributed by atoms with E-state index in [1.165, 1.54) is 0 Å². The van der Waals surface area contributed by atoms with E-state index < -0.39 is 10.0 Å². The van der Waals surface area contributed by atoms with Gasteiger partial charge in [0.2, 0.25) is 10.0 Å². The maximum absolute atomic E-state index is 12.7. The number of nitrogens with one attached hydrogen (secondary N) is 1. The SMILES string of the molecule is CNC1(C)CCN(S(=O)(=O)c2ccc(C(C)C)cc2)CC1. The number of rotatable bonds is 4. The van der Waals surface area contributed by atoms with Crippen molar-refractivity contribution in [1.29, 1.82) is 0 Å². The van der Waals surface area contributed by atoms with Gasteiger partial charge in [-0.25, -0.2) is 8.42 Å². The van der Waals surface area contributed by atoms with Crippen LogP contribution in [0.5, 0.6) is 0 Å². The molecular weight excluding hydrogens is 284 g/mol. The largest absolute Gasteiger partial charge is 0.314 e. The van der Waals surface area contributed by atoms with Crippen LogP contribution >= 0.6 is 0 Å². The second kappa shape index (κ2) is 6.07. The van der Waals surface area contributed by atoms with Crippen LogP contribution in [0.3, 0.4) is 0 Å². The molecule has 0 aliphatic carbocycles. The molecule has 1 aromatic carbocycles. The highest BCUT2D eigenvalue weighted by molar-refractivity contribution is 7.89. The Morgan fingerprint density at radius 1 is 1.14 bits per heavy atom. The van der Waals surface area contributed by atoms with Gasteiger partial charge in [-0.2, -0.15) is 4.31 Å². The third-order valence-electron chi connectivity index (χ3n) is 4.61. The molecule has 118 valence electrons. The van der Waals surface area contributed by atoms with E-state index in [2.05, 4.69) is 26.1 Å². The van der Waals surface area contributed by atoms with Gasteiger partial charge in [0.15, 0.2) is 0 Å². The predicted molar refractivity (Wildman–Crippen MR) is 86.0 cm³/mol. The molecule has 0 radical (unpaired) electrons. The van der Waals surface area contributed by atoms with Crippen molar-refractivity contribution < 1.29 is 8.42 Å². The van der Waals surface area contributed by atoms with E-state index in [0.717, 1.165) is 18.4 Å². The summed E-state index contributed by atoms with van der Waals surface area (Å²) in [5, 5.41) is 3.29. The first-order chi connectivity index (χ1) is 9.78.